The van der Waals surface area contributed by atoms with Gasteiger partial charge in [0.25, 0.3) is 17.7 Å². The van der Waals surface area contributed by atoms with Gasteiger partial charge in [0.05, 0.1) is 26.4 Å². The van der Waals surface area contributed by atoms with E-state index in [4.69, 9.17) is 44.9 Å². The van der Waals surface area contributed by atoms with Crippen molar-refractivity contribution in [2.45, 2.75) is 0 Å². The fourth-order valence-electron chi connectivity index (χ4n) is 3.51. The Morgan fingerprint density at radius 2 is 1.84 bits per heavy atom. The van der Waals surface area contributed by atoms with Gasteiger partial charge in [-0.2, -0.15) is 0 Å². The van der Waals surface area contributed by atoms with E-state index in [0.29, 0.717) is 42.1 Å². The Kier molecular flexibility index (Phi) is 8.87. The van der Waals surface area contributed by atoms with E-state index in [2.05, 4.69) is 10.6 Å². The number of ether oxygens (including phenoxy) is 2. The summed E-state index contributed by atoms with van der Waals surface area (Å²) in [6, 6.07) is 16.8. The second kappa shape index (κ2) is 12.1. The van der Waals surface area contributed by atoms with Crippen LogP contribution in [0, 0.1) is 3.57 Å². The van der Waals surface area contributed by atoms with E-state index < -0.39 is 17.7 Å². The molecule has 0 saturated carbocycles. The molecule has 3 aromatic rings. The molecule has 0 bridgehead atoms. The molecule has 0 unspecified atom stereocenters. The Bertz CT molecular complexity index is 1480. The first kappa shape index (κ1) is 27.8. The lowest BCUT2D eigenvalue weighted by atomic mass is 10.1. The molecule has 1 heterocycles. The summed E-state index contributed by atoms with van der Waals surface area (Å²) in [7, 11) is 1.44. The molecule has 3 amide bonds. The van der Waals surface area contributed by atoms with Crippen molar-refractivity contribution in [3.63, 3.8) is 0 Å². The number of halogens is 3. The second-order valence-corrected chi connectivity index (χ2v) is 10.2. The van der Waals surface area contributed by atoms with Gasteiger partial charge in [0.2, 0.25) is 0 Å². The summed E-state index contributed by atoms with van der Waals surface area (Å²) in [6.07, 6.45) is 1.45. The van der Waals surface area contributed by atoms with Crippen LogP contribution in [0.4, 0.5) is 11.4 Å². The highest BCUT2D eigenvalue weighted by atomic mass is 127. The molecule has 8 nitrogen and oxygen atoms in total. The number of nitrogens with zero attached hydrogens (tertiary/aromatic N) is 1. The lowest BCUT2D eigenvalue weighted by Gasteiger charge is -2.28. The maximum absolute atomic E-state index is 13.2. The van der Waals surface area contributed by atoms with Crippen molar-refractivity contribution in [1.29, 1.82) is 0 Å². The fraction of sp³-hybridized carbons (Fsp3) is 0.0769. The number of carbonyl (C=O) groups is 3. The van der Waals surface area contributed by atoms with Gasteiger partial charge in [-0.3, -0.25) is 24.6 Å². The Labute approximate surface area is 247 Å². The number of thiocarbonyl (C=S) groups is 1. The van der Waals surface area contributed by atoms with Gasteiger partial charge in [-0.1, -0.05) is 41.4 Å². The van der Waals surface area contributed by atoms with Gasteiger partial charge < -0.3 is 14.8 Å². The monoisotopic (exact) mass is 681 g/mol. The summed E-state index contributed by atoms with van der Waals surface area (Å²) in [4.78, 5) is 39.5. The number of methoxy groups -OCH3 is 1. The van der Waals surface area contributed by atoms with Crippen molar-refractivity contribution in [2.75, 3.05) is 23.9 Å². The van der Waals surface area contributed by atoms with Crippen molar-refractivity contribution in [2.24, 2.45) is 0 Å². The number of anilines is 2. The molecule has 1 aliphatic heterocycles. The van der Waals surface area contributed by atoms with Crippen LogP contribution in [0.5, 0.6) is 11.5 Å². The molecule has 0 atom stereocenters. The molecule has 0 aliphatic carbocycles. The van der Waals surface area contributed by atoms with Crippen LogP contribution in [0.1, 0.15) is 5.56 Å². The number of para-hydroxylation sites is 1. The van der Waals surface area contributed by atoms with Crippen molar-refractivity contribution < 1.29 is 23.9 Å². The molecule has 38 heavy (non-hydrogen) atoms. The Balaban J connectivity index is 1.54. The third-order valence-corrected chi connectivity index (χ3v) is 7.05. The smallest absolute Gasteiger partial charge is 0.270 e. The summed E-state index contributed by atoms with van der Waals surface area (Å²) in [5, 5.41) is 5.91. The van der Waals surface area contributed by atoms with Gasteiger partial charge in [0, 0.05) is 5.69 Å². The minimum Gasteiger partial charge on any atom is -0.493 e. The van der Waals surface area contributed by atoms with Crippen LogP contribution in [0.2, 0.25) is 10.0 Å². The minimum atomic E-state index is -0.611. The fourth-order valence-corrected chi connectivity index (χ4v) is 4.87. The Morgan fingerprint density at radius 1 is 1.11 bits per heavy atom. The van der Waals surface area contributed by atoms with Gasteiger partial charge in [0.1, 0.15) is 5.57 Å². The van der Waals surface area contributed by atoms with Crippen LogP contribution in [0.15, 0.2) is 66.2 Å². The first-order valence-corrected chi connectivity index (χ1v) is 13.1. The molecule has 0 radical (unpaired) electrons. The maximum Gasteiger partial charge on any atom is 0.270 e. The molecule has 194 valence electrons. The number of hydrogen-bond donors (Lipinski definition) is 2. The van der Waals surface area contributed by atoms with Crippen LogP contribution >= 0.6 is 58.0 Å². The molecule has 3 aromatic carbocycles. The molecule has 1 aliphatic rings. The van der Waals surface area contributed by atoms with Crippen LogP contribution in [0.3, 0.4) is 0 Å². The number of amides is 3. The van der Waals surface area contributed by atoms with Crippen LogP contribution in [-0.2, 0) is 14.4 Å². The molecule has 1 fully saturated rings. The standard InChI is InChI=1S/C26H18Cl2IN3O5S/c1-36-21-11-14(9-17-24(34)31-26(38)32(25(17)35)16-5-3-2-4-6-16)10-20(29)23(21)37-13-22(33)30-15-7-8-18(27)19(28)12-15/h2-12H,13H2,1H3,(H,30,33)(H,31,34,38)/b17-9-. The predicted molar refractivity (Wildman–Crippen MR) is 159 cm³/mol. The average Bonchev–Trinajstić information content (AvgIpc) is 2.88. The first-order chi connectivity index (χ1) is 18.2. The van der Waals surface area contributed by atoms with Crippen molar-refractivity contribution in [1.82, 2.24) is 5.32 Å². The summed E-state index contributed by atoms with van der Waals surface area (Å²) in [6.45, 7) is -0.308. The van der Waals surface area contributed by atoms with E-state index in [-0.39, 0.29) is 17.3 Å². The lowest BCUT2D eigenvalue weighted by molar-refractivity contribution is -0.122. The summed E-state index contributed by atoms with van der Waals surface area (Å²) in [5.41, 5.74) is 1.41. The summed E-state index contributed by atoms with van der Waals surface area (Å²) < 4.78 is 11.8. The molecule has 0 aromatic heterocycles. The minimum absolute atomic E-state index is 0.00147. The number of rotatable bonds is 7. The van der Waals surface area contributed by atoms with Crippen molar-refractivity contribution >= 4 is 98.3 Å². The number of carbonyl (C=O) groups excluding carboxylic acids is 3. The number of benzene rings is 3. The topological polar surface area (TPSA) is 97.0 Å². The maximum atomic E-state index is 13.2. The molecule has 2 N–H and O–H groups in total. The summed E-state index contributed by atoms with van der Waals surface area (Å²) in [5.74, 6) is -0.955. The SMILES string of the molecule is COc1cc(/C=C2/C(=O)NC(=S)N(c3ccccc3)C2=O)cc(I)c1OCC(=O)Nc1ccc(Cl)c(Cl)c1. The number of hydrogen-bond acceptors (Lipinski definition) is 6. The highest BCUT2D eigenvalue weighted by Crippen LogP contribution is 2.35. The number of nitrogens with one attached hydrogen (secondary N) is 2. The van der Waals surface area contributed by atoms with E-state index >= 15 is 0 Å². The molecule has 1 saturated heterocycles. The van der Waals surface area contributed by atoms with Gasteiger partial charge in [0.15, 0.2) is 23.2 Å². The third kappa shape index (κ3) is 6.26. The van der Waals surface area contributed by atoms with Crippen LogP contribution in [0.25, 0.3) is 6.08 Å². The van der Waals surface area contributed by atoms with Crippen LogP contribution in [-0.4, -0.2) is 36.6 Å². The molecular formula is C26H18Cl2IN3O5S. The van der Waals surface area contributed by atoms with Gasteiger partial charge in [-0.25, -0.2) is 0 Å². The Morgan fingerprint density at radius 3 is 2.53 bits per heavy atom. The van der Waals surface area contributed by atoms with Gasteiger partial charge in [-0.15, -0.1) is 0 Å². The quantitative estimate of drug-likeness (QED) is 0.149. The zero-order chi connectivity index (χ0) is 27.4. The molecule has 0 spiro atoms. The second-order valence-electron chi connectivity index (χ2n) is 7.79. The zero-order valence-electron chi connectivity index (χ0n) is 19.6. The van der Waals surface area contributed by atoms with Crippen molar-refractivity contribution in [3.05, 3.63) is 85.4 Å². The van der Waals surface area contributed by atoms with Gasteiger partial charge >= 0.3 is 0 Å². The predicted octanol–water partition coefficient (Wildman–Crippen LogP) is 5.46. The first-order valence-electron chi connectivity index (χ1n) is 10.9. The highest BCUT2D eigenvalue weighted by molar-refractivity contribution is 14.1. The molecular weight excluding hydrogens is 664 g/mol. The van der Waals surface area contributed by atoms with E-state index in [1.54, 1.807) is 48.5 Å². The molecule has 12 heteroatoms. The Hall–Kier alpha value is -3.19. The lowest BCUT2D eigenvalue weighted by Crippen LogP contribution is -2.54. The third-order valence-electron chi connectivity index (χ3n) is 5.23. The van der Waals surface area contributed by atoms with E-state index in [9.17, 15) is 14.4 Å². The normalized spacial score (nSPS) is 14.4. The largest absolute Gasteiger partial charge is 0.493 e. The van der Waals surface area contributed by atoms with E-state index in [1.165, 1.54) is 24.2 Å². The van der Waals surface area contributed by atoms with Gasteiger partial charge in [-0.05, 0) is 88.9 Å². The van der Waals surface area contributed by atoms with Crippen LogP contribution < -0.4 is 25.0 Å². The zero-order valence-corrected chi connectivity index (χ0v) is 24.1. The summed E-state index contributed by atoms with van der Waals surface area (Å²) >= 11 is 19.1. The van der Waals surface area contributed by atoms with E-state index in [0.717, 1.165) is 0 Å². The molecule has 4 rings (SSSR count). The average molecular weight is 682 g/mol. The van der Waals surface area contributed by atoms with E-state index in [1.807, 2.05) is 28.7 Å². The van der Waals surface area contributed by atoms with Crippen molar-refractivity contribution in [3.8, 4) is 11.5 Å². The highest BCUT2D eigenvalue weighted by Gasteiger charge is 2.34.